The van der Waals surface area contributed by atoms with Crippen molar-refractivity contribution in [1.82, 2.24) is 5.32 Å². The van der Waals surface area contributed by atoms with Crippen LogP contribution in [0.3, 0.4) is 0 Å². The van der Waals surface area contributed by atoms with E-state index in [0.717, 1.165) is 18.4 Å². The van der Waals surface area contributed by atoms with E-state index in [1.54, 1.807) is 12.1 Å². The van der Waals surface area contributed by atoms with E-state index in [4.69, 9.17) is 11.6 Å². The maximum Gasteiger partial charge on any atom is 0.308 e. The third-order valence-electron chi connectivity index (χ3n) is 3.73. The molecule has 112 valence electrons. The van der Waals surface area contributed by atoms with Gasteiger partial charge >= 0.3 is 5.97 Å². The van der Waals surface area contributed by atoms with Crippen LogP contribution in [-0.4, -0.2) is 23.0 Å². The smallest absolute Gasteiger partial charge is 0.308 e. The molecule has 0 radical (unpaired) electrons. The third kappa shape index (κ3) is 4.33. The van der Waals surface area contributed by atoms with E-state index in [0.29, 0.717) is 17.9 Å². The van der Waals surface area contributed by atoms with Gasteiger partial charge in [-0.05, 0) is 30.5 Å². The summed E-state index contributed by atoms with van der Waals surface area (Å²) in [5.41, 5.74) is 0.757. The Kier molecular flexibility index (Phi) is 5.39. The summed E-state index contributed by atoms with van der Waals surface area (Å²) in [7, 11) is 0. The van der Waals surface area contributed by atoms with E-state index >= 15 is 0 Å². The molecule has 2 rings (SSSR count). The molecule has 1 aromatic rings. The zero-order chi connectivity index (χ0) is 15.2. The quantitative estimate of drug-likeness (QED) is 0.840. The molecule has 2 unspecified atom stereocenters. The monoisotopic (exact) mass is 307 g/mol. The van der Waals surface area contributed by atoms with E-state index in [1.807, 2.05) is 18.2 Å². The van der Waals surface area contributed by atoms with Crippen LogP contribution in [0.15, 0.2) is 30.3 Å². The highest BCUT2D eigenvalue weighted by Crippen LogP contribution is 2.24. The van der Waals surface area contributed by atoms with Crippen LogP contribution in [0, 0.1) is 5.92 Å². The molecule has 1 saturated carbocycles. The number of aliphatic carboxylic acids is 1. The van der Waals surface area contributed by atoms with Crippen molar-refractivity contribution in [2.75, 3.05) is 0 Å². The fourth-order valence-electron chi connectivity index (χ4n) is 2.61. The lowest BCUT2D eigenvalue weighted by Crippen LogP contribution is -2.44. The Labute approximate surface area is 128 Å². The Morgan fingerprint density at radius 3 is 2.67 bits per heavy atom. The predicted octanol–water partition coefficient (Wildman–Crippen LogP) is 3.11. The number of hydrogen-bond donors (Lipinski definition) is 2. The van der Waals surface area contributed by atoms with Crippen LogP contribution >= 0.6 is 11.6 Å². The van der Waals surface area contributed by atoms with Crippen molar-refractivity contribution in [3.05, 3.63) is 40.9 Å². The van der Waals surface area contributed by atoms with Gasteiger partial charge in [0.15, 0.2) is 0 Å². The first-order valence-electron chi connectivity index (χ1n) is 7.04. The maximum atomic E-state index is 11.9. The highest BCUT2D eigenvalue weighted by molar-refractivity contribution is 6.32. The second-order valence-electron chi connectivity index (χ2n) is 5.20. The lowest BCUT2D eigenvalue weighted by atomic mass is 9.84. The van der Waals surface area contributed by atoms with Crippen molar-refractivity contribution in [3.8, 4) is 0 Å². The molecular weight excluding hydrogens is 290 g/mol. The van der Waals surface area contributed by atoms with Crippen LogP contribution in [0.25, 0.3) is 6.08 Å². The second-order valence-corrected chi connectivity index (χ2v) is 5.61. The molecule has 0 saturated heterocycles. The van der Waals surface area contributed by atoms with Gasteiger partial charge in [0, 0.05) is 17.1 Å². The number of rotatable bonds is 4. The number of amides is 1. The molecule has 1 fully saturated rings. The molecule has 0 spiro atoms. The third-order valence-corrected chi connectivity index (χ3v) is 4.07. The van der Waals surface area contributed by atoms with Gasteiger partial charge in [-0.2, -0.15) is 0 Å². The summed E-state index contributed by atoms with van der Waals surface area (Å²) in [6.45, 7) is 0. The van der Waals surface area contributed by atoms with Gasteiger partial charge in [0.05, 0.1) is 5.92 Å². The van der Waals surface area contributed by atoms with Gasteiger partial charge in [0.25, 0.3) is 0 Å². The molecule has 0 bridgehead atoms. The molecule has 4 nitrogen and oxygen atoms in total. The maximum absolute atomic E-state index is 11.9. The fraction of sp³-hybridized carbons (Fsp3) is 0.375. The van der Waals surface area contributed by atoms with Crippen LogP contribution in [0.5, 0.6) is 0 Å². The molecule has 1 aliphatic carbocycles. The minimum atomic E-state index is -0.838. The summed E-state index contributed by atoms with van der Waals surface area (Å²) < 4.78 is 0. The molecule has 2 N–H and O–H groups in total. The number of hydrogen-bond acceptors (Lipinski definition) is 2. The average Bonchev–Trinajstić information content (AvgIpc) is 2.47. The van der Waals surface area contributed by atoms with Crippen molar-refractivity contribution in [1.29, 1.82) is 0 Å². The van der Waals surface area contributed by atoms with Gasteiger partial charge in [0.1, 0.15) is 0 Å². The van der Waals surface area contributed by atoms with Crippen molar-refractivity contribution in [3.63, 3.8) is 0 Å². The largest absolute Gasteiger partial charge is 0.481 e. The molecule has 0 aromatic heterocycles. The van der Waals surface area contributed by atoms with Gasteiger partial charge in [-0.25, -0.2) is 0 Å². The van der Waals surface area contributed by atoms with Crippen molar-refractivity contribution in [2.45, 2.75) is 31.7 Å². The van der Waals surface area contributed by atoms with Crippen LogP contribution in [0.2, 0.25) is 5.02 Å². The second kappa shape index (κ2) is 7.27. The van der Waals surface area contributed by atoms with Crippen LogP contribution in [0.4, 0.5) is 0 Å². The molecule has 1 aliphatic rings. The summed E-state index contributed by atoms with van der Waals surface area (Å²) in [4.78, 5) is 23.1. The lowest BCUT2D eigenvalue weighted by molar-refractivity contribution is -0.144. The molecule has 0 aliphatic heterocycles. The molecule has 1 aromatic carbocycles. The van der Waals surface area contributed by atoms with E-state index in [-0.39, 0.29) is 11.9 Å². The highest BCUT2D eigenvalue weighted by atomic mass is 35.5. The summed E-state index contributed by atoms with van der Waals surface area (Å²) >= 11 is 6.00. The van der Waals surface area contributed by atoms with E-state index < -0.39 is 11.9 Å². The van der Waals surface area contributed by atoms with Gasteiger partial charge in [-0.1, -0.05) is 42.6 Å². The number of carbonyl (C=O) groups excluding carboxylic acids is 1. The topological polar surface area (TPSA) is 66.4 Å². The highest BCUT2D eigenvalue weighted by Gasteiger charge is 2.31. The van der Waals surface area contributed by atoms with E-state index in [1.165, 1.54) is 6.08 Å². The van der Waals surface area contributed by atoms with Crippen LogP contribution in [0.1, 0.15) is 31.2 Å². The number of halogens is 1. The van der Waals surface area contributed by atoms with Crippen LogP contribution in [-0.2, 0) is 9.59 Å². The number of benzene rings is 1. The van der Waals surface area contributed by atoms with Gasteiger partial charge in [-0.15, -0.1) is 0 Å². The molecular formula is C16H18ClNO3. The number of nitrogens with one attached hydrogen (secondary N) is 1. The summed E-state index contributed by atoms with van der Waals surface area (Å²) in [5.74, 6) is -1.61. The van der Waals surface area contributed by atoms with Gasteiger partial charge < -0.3 is 10.4 Å². The zero-order valence-electron chi connectivity index (χ0n) is 11.6. The number of carboxylic acids is 1. The first-order valence-corrected chi connectivity index (χ1v) is 7.41. The van der Waals surface area contributed by atoms with E-state index in [9.17, 15) is 14.7 Å². The molecule has 5 heteroatoms. The summed E-state index contributed by atoms with van der Waals surface area (Å²) in [6, 6.07) is 6.93. The SMILES string of the molecule is O=C(C=Cc1ccccc1Cl)NC1CCCCC1C(=O)O. The molecule has 1 amide bonds. The average molecular weight is 308 g/mol. The van der Waals surface area contributed by atoms with Crippen molar-refractivity contribution >= 4 is 29.6 Å². The Hall–Kier alpha value is -1.81. The predicted molar refractivity (Wildman–Crippen MR) is 82.0 cm³/mol. The lowest BCUT2D eigenvalue weighted by Gasteiger charge is -2.28. The minimum absolute atomic E-state index is 0.284. The normalized spacial score (nSPS) is 22.1. The Morgan fingerprint density at radius 1 is 1.24 bits per heavy atom. The number of carbonyl (C=O) groups is 2. The Bertz CT molecular complexity index is 556. The van der Waals surface area contributed by atoms with Gasteiger partial charge in [-0.3, -0.25) is 9.59 Å². The van der Waals surface area contributed by atoms with Crippen molar-refractivity contribution < 1.29 is 14.7 Å². The molecule has 0 heterocycles. The Balaban J connectivity index is 1.97. The first-order chi connectivity index (χ1) is 10.1. The molecule has 21 heavy (non-hydrogen) atoms. The van der Waals surface area contributed by atoms with Crippen molar-refractivity contribution in [2.24, 2.45) is 5.92 Å². The fourth-order valence-corrected chi connectivity index (χ4v) is 2.80. The zero-order valence-corrected chi connectivity index (χ0v) is 12.3. The van der Waals surface area contributed by atoms with Gasteiger partial charge in [0.2, 0.25) is 5.91 Å². The van der Waals surface area contributed by atoms with Crippen LogP contribution < -0.4 is 5.32 Å². The number of carboxylic acid groups (broad SMARTS) is 1. The summed E-state index contributed by atoms with van der Waals surface area (Å²) in [5, 5.41) is 12.5. The standard InChI is InChI=1S/C16H18ClNO3/c17-13-7-3-1-5-11(13)9-10-15(19)18-14-8-4-2-6-12(14)16(20)21/h1,3,5,7,9-10,12,14H,2,4,6,8H2,(H,18,19)(H,20,21). The Morgan fingerprint density at radius 2 is 1.95 bits per heavy atom. The summed E-state index contributed by atoms with van der Waals surface area (Å²) in [6.07, 6.45) is 6.21. The van der Waals surface area contributed by atoms with E-state index in [2.05, 4.69) is 5.32 Å². The first kappa shape index (κ1) is 15.6. The molecule has 2 atom stereocenters. The minimum Gasteiger partial charge on any atom is -0.481 e.